The minimum Gasteiger partial charge on any atom is -0.490 e. The number of carbonyl (C=O) groups is 3. The molecule has 1 aromatic rings. The summed E-state index contributed by atoms with van der Waals surface area (Å²) in [6, 6.07) is 8.80. The molecule has 1 aliphatic heterocycles. The van der Waals surface area contributed by atoms with Crippen LogP contribution in [-0.4, -0.2) is 34.2 Å². The maximum Gasteiger partial charge on any atom is 0.184 e. The smallest absolute Gasteiger partial charge is 0.184 e. The molecule has 5 atom stereocenters. The lowest BCUT2D eigenvalue weighted by atomic mass is 9.39. The lowest BCUT2D eigenvalue weighted by Gasteiger charge is -2.60. The molecule has 39 heavy (non-hydrogen) atoms. The highest BCUT2D eigenvalue weighted by Gasteiger charge is 2.76. The van der Waals surface area contributed by atoms with Crippen LogP contribution in [0.3, 0.4) is 0 Å². The predicted octanol–water partition coefficient (Wildman–Crippen LogP) is 6.96. The summed E-state index contributed by atoms with van der Waals surface area (Å²) in [4.78, 5) is 44.6. The lowest BCUT2D eigenvalue weighted by molar-refractivity contribution is -0.167. The molecule has 4 rings (SSSR count). The molecule has 2 aliphatic carbocycles. The number of Topliss-reactive ketones (excluding diaryl/α,β-unsaturated/α-hetero) is 3. The van der Waals surface area contributed by atoms with Crippen LogP contribution in [0.2, 0.25) is 0 Å². The zero-order valence-electron chi connectivity index (χ0n) is 24.8. The van der Waals surface area contributed by atoms with Crippen LogP contribution >= 0.6 is 0 Å². The van der Waals surface area contributed by atoms with E-state index >= 15 is 0 Å². The average Bonchev–Trinajstić information content (AvgIpc) is 3.32. The number of rotatable bonds is 8. The second kappa shape index (κ2) is 9.99. The van der Waals surface area contributed by atoms with E-state index in [2.05, 4.69) is 12.2 Å². The normalized spacial score (nSPS) is 31.9. The maximum atomic E-state index is 14.9. The van der Waals surface area contributed by atoms with Crippen molar-refractivity contribution in [3.63, 3.8) is 0 Å². The fourth-order valence-electron chi connectivity index (χ4n) is 7.21. The Balaban J connectivity index is 2.02. The topological polar surface area (TPSA) is 80.7 Å². The molecular weight excluding hydrogens is 488 g/mol. The minimum atomic E-state index is -1.87. The highest BCUT2D eigenvalue weighted by Crippen LogP contribution is 2.68. The number of fused-ring (bicyclic) bond motifs is 3. The van der Waals surface area contributed by atoms with Crippen molar-refractivity contribution >= 4 is 17.3 Å². The molecule has 1 saturated carbocycles. The van der Waals surface area contributed by atoms with Crippen LogP contribution in [0, 0.1) is 22.2 Å². The molecule has 210 valence electrons. The molecule has 0 radical (unpaired) electrons. The number of benzene rings is 1. The largest absolute Gasteiger partial charge is 0.490 e. The number of aliphatic hydroxyl groups is 1. The number of hydrogen-bond donors (Lipinski definition) is 1. The molecule has 2 bridgehead atoms. The van der Waals surface area contributed by atoms with Crippen LogP contribution in [0.25, 0.3) is 0 Å². The third kappa shape index (κ3) is 4.47. The van der Waals surface area contributed by atoms with Crippen LogP contribution in [0.5, 0.6) is 0 Å². The van der Waals surface area contributed by atoms with Gasteiger partial charge in [-0.1, -0.05) is 60.6 Å². The number of allylic oxidation sites excluding steroid dienone is 5. The van der Waals surface area contributed by atoms with E-state index < -0.39 is 39.5 Å². The van der Waals surface area contributed by atoms with Gasteiger partial charge in [-0.15, -0.1) is 0 Å². The second-order valence-corrected chi connectivity index (χ2v) is 13.4. The van der Waals surface area contributed by atoms with Gasteiger partial charge in [0.25, 0.3) is 0 Å². The van der Waals surface area contributed by atoms with Crippen LogP contribution in [0.15, 0.2) is 65.0 Å². The van der Waals surface area contributed by atoms with E-state index in [0.29, 0.717) is 42.6 Å². The first-order chi connectivity index (χ1) is 18.1. The Kier molecular flexibility index (Phi) is 7.48. The van der Waals surface area contributed by atoms with Gasteiger partial charge in [0.2, 0.25) is 0 Å². The molecule has 1 heterocycles. The van der Waals surface area contributed by atoms with Gasteiger partial charge in [0, 0.05) is 17.6 Å². The molecule has 1 N–H and O–H groups in total. The first-order valence-electron chi connectivity index (χ1n) is 14.2. The molecule has 0 spiro atoms. The van der Waals surface area contributed by atoms with E-state index in [-0.39, 0.29) is 18.1 Å². The van der Waals surface area contributed by atoms with Crippen molar-refractivity contribution in [1.29, 1.82) is 0 Å². The number of carbonyl (C=O) groups excluding carboxylic acids is 3. The van der Waals surface area contributed by atoms with Gasteiger partial charge in [-0.05, 0) is 85.5 Å². The molecule has 0 unspecified atom stereocenters. The Morgan fingerprint density at radius 3 is 2.23 bits per heavy atom. The van der Waals surface area contributed by atoms with E-state index in [1.807, 2.05) is 47.6 Å². The van der Waals surface area contributed by atoms with E-state index in [1.54, 1.807) is 38.1 Å². The standard InChI is InChI=1S/C34H44O5/c1-21(2)13-12-18-33(8)24(17-16-22(3)4)20-32(7)29-25(19-26(39-29)31(5,6)38)28(36)34(33,30(32)37)27(35)23-14-10-9-11-15-23/h9-11,13-16,24,26,38H,12,17-20H2,1-8H3/t24-,26+,32+,33+,34-/m0/s1. The van der Waals surface area contributed by atoms with Crippen molar-refractivity contribution in [2.75, 3.05) is 0 Å². The summed E-state index contributed by atoms with van der Waals surface area (Å²) in [7, 11) is 0. The lowest BCUT2D eigenvalue weighted by Crippen LogP contribution is -2.69. The van der Waals surface area contributed by atoms with Crippen LogP contribution in [-0.2, 0) is 14.3 Å². The average molecular weight is 533 g/mol. The van der Waals surface area contributed by atoms with Crippen molar-refractivity contribution in [1.82, 2.24) is 0 Å². The summed E-state index contributed by atoms with van der Waals surface area (Å²) < 4.78 is 6.30. The Hall–Kier alpha value is -2.79. The van der Waals surface area contributed by atoms with Crippen molar-refractivity contribution in [3.05, 3.63) is 70.5 Å². The second-order valence-electron chi connectivity index (χ2n) is 13.4. The van der Waals surface area contributed by atoms with Crippen molar-refractivity contribution in [3.8, 4) is 0 Å². The maximum absolute atomic E-state index is 14.9. The predicted molar refractivity (Wildman–Crippen MR) is 153 cm³/mol. The summed E-state index contributed by atoms with van der Waals surface area (Å²) in [5, 5.41) is 10.8. The fourth-order valence-corrected chi connectivity index (χ4v) is 7.21. The van der Waals surface area contributed by atoms with Gasteiger partial charge < -0.3 is 9.84 Å². The molecule has 1 aromatic carbocycles. The van der Waals surface area contributed by atoms with Gasteiger partial charge in [-0.25, -0.2) is 0 Å². The summed E-state index contributed by atoms with van der Waals surface area (Å²) in [5.41, 5.74) is -2.04. The first-order valence-corrected chi connectivity index (χ1v) is 14.2. The van der Waals surface area contributed by atoms with Crippen molar-refractivity contribution in [2.45, 2.75) is 99.2 Å². The third-order valence-corrected chi connectivity index (χ3v) is 9.49. The molecule has 5 nitrogen and oxygen atoms in total. The third-order valence-electron chi connectivity index (χ3n) is 9.49. The number of ether oxygens (including phenoxy) is 1. The molecular formula is C34H44O5. The molecule has 5 heteroatoms. The van der Waals surface area contributed by atoms with Gasteiger partial charge >= 0.3 is 0 Å². The van der Waals surface area contributed by atoms with Gasteiger partial charge in [0.15, 0.2) is 22.8 Å². The molecule has 1 fully saturated rings. The monoisotopic (exact) mass is 532 g/mol. The van der Waals surface area contributed by atoms with Gasteiger partial charge in [-0.3, -0.25) is 14.4 Å². The van der Waals surface area contributed by atoms with Gasteiger partial charge in [0.05, 0.1) is 11.0 Å². The minimum absolute atomic E-state index is 0.115. The molecule has 3 aliphatic rings. The quantitative estimate of drug-likeness (QED) is 0.222. The van der Waals surface area contributed by atoms with E-state index in [9.17, 15) is 19.5 Å². The molecule has 0 saturated heterocycles. The number of ketones is 3. The molecule has 0 aromatic heterocycles. The van der Waals surface area contributed by atoms with E-state index in [4.69, 9.17) is 4.74 Å². The zero-order chi connectivity index (χ0) is 29.0. The van der Waals surface area contributed by atoms with Crippen LogP contribution in [0.1, 0.15) is 97.9 Å². The molecule has 0 amide bonds. The van der Waals surface area contributed by atoms with Gasteiger partial charge in [0.1, 0.15) is 11.9 Å². The van der Waals surface area contributed by atoms with Gasteiger partial charge in [-0.2, -0.15) is 0 Å². The van der Waals surface area contributed by atoms with Crippen LogP contribution in [0.4, 0.5) is 0 Å². The summed E-state index contributed by atoms with van der Waals surface area (Å²) in [6.07, 6.45) is 6.15. The first kappa shape index (κ1) is 29.2. The highest BCUT2D eigenvalue weighted by molar-refractivity contribution is 6.36. The Labute approximate surface area is 233 Å². The highest BCUT2D eigenvalue weighted by atomic mass is 16.5. The summed E-state index contributed by atoms with van der Waals surface area (Å²) in [6.45, 7) is 15.3. The van der Waals surface area contributed by atoms with Crippen molar-refractivity contribution < 1.29 is 24.2 Å². The fraction of sp³-hybridized carbons (Fsp3) is 0.559. The van der Waals surface area contributed by atoms with Crippen LogP contribution < -0.4 is 0 Å². The Bertz CT molecular complexity index is 1270. The Morgan fingerprint density at radius 1 is 1.05 bits per heavy atom. The van der Waals surface area contributed by atoms with Crippen molar-refractivity contribution in [2.24, 2.45) is 22.2 Å². The number of hydrogen-bond acceptors (Lipinski definition) is 5. The van der Waals surface area contributed by atoms with E-state index in [0.717, 1.165) is 11.1 Å². The summed E-state index contributed by atoms with van der Waals surface area (Å²) >= 11 is 0. The van der Waals surface area contributed by atoms with E-state index in [1.165, 1.54) is 0 Å². The summed E-state index contributed by atoms with van der Waals surface area (Å²) in [5.74, 6) is -0.936. The Morgan fingerprint density at radius 2 is 1.67 bits per heavy atom. The SMILES string of the molecule is CC(C)=CCC[C@]1(C)[C@@H](CC=C(C)C)C[C@@]2(C)C(=O)[C@]1(C(=O)c1ccccc1)C(=O)C1=C2O[C@@H](C(C)(C)O)C1. The zero-order valence-corrected chi connectivity index (χ0v) is 24.8.